The second-order valence-corrected chi connectivity index (χ2v) is 6.40. The van der Waals surface area contributed by atoms with Gasteiger partial charge >= 0.3 is 0 Å². The smallest absolute Gasteiger partial charge is 0.166 e. The highest BCUT2D eigenvalue weighted by atomic mass is 16.1. The molecule has 0 saturated heterocycles. The number of nitrogens with zero attached hydrogens (tertiary/aromatic N) is 1. The van der Waals surface area contributed by atoms with Gasteiger partial charge in [0.1, 0.15) is 0 Å². The SMILES string of the molecule is CC(CN(C)C1CCCCC1C)C(=O)c1ccccc1. The van der Waals surface area contributed by atoms with E-state index in [0.717, 1.165) is 18.0 Å². The highest BCUT2D eigenvalue weighted by molar-refractivity contribution is 5.97. The maximum Gasteiger partial charge on any atom is 0.166 e. The Morgan fingerprint density at radius 2 is 1.90 bits per heavy atom. The van der Waals surface area contributed by atoms with Crippen LogP contribution in [-0.2, 0) is 0 Å². The van der Waals surface area contributed by atoms with Crippen LogP contribution in [0.25, 0.3) is 0 Å². The summed E-state index contributed by atoms with van der Waals surface area (Å²) in [5.74, 6) is 1.09. The fourth-order valence-electron chi connectivity index (χ4n) is 3.49. The van der Waals surface area contributed by atoms with Crippen LogP contribution in [0.4, 0.5) is 0 Å². The standard InChI is InChI=1S/C18H27NO/c1-14-9-7-8-12-17(14)19(3)13-15(2)18(20)16-10-5-4-6-11-16/h4-6,10-11,14-15,17H,7-9,12-13H2,1-3H3. The average Bonchev–Trinajstić information content (AvgIpc) is 2.47. The second kappa shape index (κ2) is 7.03. The molecule has 1 aromatic rings. The van der Waals surface area contributed by atoms with E-state index in [1.165, 1.54) is 25.7 Å². The molecule has 2 rings (SSSR count). The Balaban J connectivity index is 1.93. The van der Waals surface area contributed by atoms with E-state index in [1.54, 1.807) is 0 Å². The summed E-state index contributed by atoms with van der Waals surface area (Å²) in [4.78, 5) is 14.8. The van der Waals surface area contributed by atoms with E-state index in [4.69, 9.17) is 0 Å². The van der Waals surface area contributed by atoms with Crippen LogP contribution in [0.3, 0.4) is 0 Å². The minimum Gasteiger partial charge on any atom is -0.302 e. The lowest BCUT2D eigenvalue weighted by molar-refractivity contribution is 0.0831. The van der Waals surface area contributed by atoms with E-state index >= 15 is 0 Å². The van der Waals surface area contributed by atoms with Crippen LogP contribution < -0.4 is 0 Å². The van der Waals surface area contributed by atoms with Crippen molar-refractivity contribution in [3.63, 3.8) is 0 Å². The van der Waals surface area contributed by atoms with Gasteiger partial charge in [-0.15, -0.1) is 0 Å². The Morgan fingerprint density at radius 1 is 1.25 bits per heavy atom. The number of carbonyl (C=O) groups excluding carboxylic acids is 1. The molecule has 3 atom stereocenters. The number of hydrogen-bond donors (Lipinski definition) is 0. The molecule has 0 N–H and O–H groups in total. The van der Waals surface area contributed by atoms with E-state index in [2.05, 4.69) is 25.8 Å². The molecule has 20 heavy (non-hydrogen) atoms. The van der Waals surface area contributed by atoms with Crippen LogP contribution in [0.1, 0.15) is 49.9 Å². The van der Waals surface area contributed by atoms with Crippen LogP contribution in [-0.4, -0.2) is 30.3 Å². The lowest BCUT2D eigenvalue weighted by Gasteiger charge is -2.37. The summed E-state index contributed by atoms with van der Waals surface area (Å²) >= 11 is 0. The maximum atomic E-state index is 12.4. The number of ketones is 1. The average molecular weight is 273 g/mol. The van der Waals surface area contributed by atoms with Gasteiger partial charge in [-0.25, -0.2) is 0 Å². The predicted octanol–water partition coefficient (Wildman–Crippen LogP) is 4.02. The third kappa shape index (κ3) is 3.69. The van der Waals surface area contributed by atoms with Crippen LogP contribution in [0.2, 0.25) is 0 Å². The largest absolute Gasteiger partial charge is 0.302 e. The first-order valence-electron chi connectivity index (χ1n) is 7.89. The van der Waals surface area contributed by atoms with Crippen molar-refractivity contribution in [2.24, 2.45) is 11.8 Å². The first-order valence-corrected chi connectivity index (χ1v) is 7.89. The molecule has 2 heteroatoms. The van der Waals surface area contributed by atoms with E-state index in [9.17, 15) is 4.79 Å². The molecule has 3 unspecified atom stereocenters. The van der Waals surface area contributed by atoms with Crippen molar-refractivity contribution in [2.45, 2.75) is 45.6 Å². The first-order chi connectivity index (χ1) is 9.59. The Kier molecular flexibility index (Phi) is 5.36. The molecule has 1 saturated carbocycles. The van der Waals surface area contributed by atoms with Crippen molar-refractivity contribution in [1.82, 2.24) is 4.90 Å². The molecule has 0 aromatic heterocycles. The van der Waals surface area contributed by atoms with Gasteiger partial charge in [-0.3, -0.25) is 4.79 Å². The molecule has 0 radical (unpaired) electrons. The molecular formula is C18H27NO. The highest BCUT2D eigenvalue weighted by Crippen LogP contribution is 2.28. The highest BCUT2D eigenvalue weighted by Gasteiger charge is 2.27. The fourth-order valence-corrected chi connectivity index (χ4v) is 3.49. The molecule has 0 aliphatic heterocycles. The van der Waals surface area contributed by atoms with Crippen molar-refractivity contribution in [2.75, 3.05) is 13.6 Å². The van der Waals surface area contributed by atoms with E-state index in [0.29, 0.717) is 6.04 Å². The van der Waals surface area contributed by atoms with Gasteiger partial charge in [0.05, 0.1) is 0 Å². The third-order valence-electron chi connectivity index (χ3n) is 4.70. The third-order valence-corrected chi connectivity index (χ3v) is 4.70. The molecule has 2 nitrogen and oxygen atoms in total. The van der Waals surface area contributed by atoms with Crippen LogP contribution in [0.15, 0.2) is 30.3 Å². The maximum absolute atomic E-state index is 12.4. The number of Topliss-reactive ketones (excluding diaryl/α,β-unsaturated/α-hetero) is 1. The molecule has 0 bridgehead atoms. The van der Waals surface area contributed by atoms with Gasteiger partial charge < -0.3 is 4.90 Å². The lowest BCUT2D eigenvalue weighted by Crippen LogP contribution is -2.42. The molecule has 110 valence electrons. The van der Waals surface area contributed by atoms with Crippen LogP contribution >= 0.6 is 0 Å². The molecule has 1 fully saturated rings. The Morgan fingerprint density at radius 3 is 2.55 bits per heavy atom. The molecule has 1 aliphatic rings. The Hall–Kier alpha value is -1.15. The summed E-state index contributed by atoms with van der Waals surface area (Å²) in [6, 6.07) is 10.3. The molecule has 1 aromatic carbocycles. The summed E-state index contributed by atoms with van der Waals surface area (Å²) in [6.07, 6.45) is 5.31. The predicted molar refractivity (Wildman–Crippen MR) is 84.0 cm³/mol. The number of benzene rings is 1. The number of hydrogen-bond acceptors (Lipinski definition) is 2. The van der Waals surface area contributed by atoms with Crippen molar-refractivity contribution in [3.05, 3.63) is 35.9 Å². The molecule has 0 heterocycles. The summed E-state index contributed by atoms with van der Waals surface area (Å²) in [5, 5.41) is 0. The molecular weight excluding hydrogens is 246 g/mol. The van der Waals surface area contributed by atoms with Gasteiger partial charge in [0.25, 0.3) is 0 Å². The monoisotopic (exact) mass is 273 g/mol. The van der Waals surface area contributed by atoms with Gasteiger partial charge in [0.2, 0.25) is 0 Å². The summed E-state index contributed by atoms with van der Waals surface area (Å²) < 4.78 is 0. The van der Waals surface area contributed by atoms with Crippen molar-refractivity contribution in [3.8, 4) is 0 Å². The zero-order valence-corrected chi connectivity index (χ0v) is 13.0. The van der Waals surface area contributed by atoms with Gasteiger partial charge in [-0.05, 0) is 25.8 Å². The Bertz CT molecular complexity index is 428. The minimum absolute atomic E-state index is 0.0662. The topological polar surface area (TPSA) is 20.3 Å². The Labute approximate surface area is 123 Å². The number of rotatable bonds is 5. The van der Waals surface area contributed by atoms with E-state index < -0.39 is 0 Å². The zero-order chi connectivity index (χ0) is 14.5. The van der Waals surface area contributed by atoms with E-state index in [1.807, 2.05) is 30.3 Å². The molecule has 0 amide bonds. The summed E-state index contributed by atoms with van der Waals surface area (Å²) in [5.41, 5.74) is 0.838. The first kappa shape index (κ1) is 15.2. The molecule has 0 spiro atoms. The zero-order valence-electron chi connectivity index (χ0n) is 13.0. The van der Waals surface area contributed by atoms with Crippen LogP contribution in [0, 0.1) is 11.8 Å². The minimum atomic E-state index is 0.0662. The van der Waals surface area contributed by atoms with Gasteiger partial charge in [-0.2, -0.15) is 0 Å². The summed E-state index contributed by atoms with van der Waals surface area (Å²) in [6.45, 7) is 5.27. The van der Waals surface area contributed by atoms with E-state index in [-0.39, 0.29) is 11.7 Å². The van der Waals surface area contributed by atoms with Gasteiger partial charge in [0, 0.05) is 24.1 Å². The fraction of sp³-hybridized carbons (Fsp3) is 0.611. The van der Waals surface area contributed by atoms with Crippen molar-refractivity contribution >= 4 is 5.78 Å². The van der Waals surface area contributed by atoms with Crippen LogP contribution in [0.5, 0.6) is 0 Å². The van der Waals surface area contributed by atoms with Crippen molar-refractivity contribution < 1.29 is 4.79 Å². The number of carbonyl (C=O) groups is 1. The quantitative estimate of drug-likeness (QED) is 0.755. The second-order valence-electron chi connectivity index (χ2n) is 6.40. The normalized spacial score (nSPS) is 24.6. The lowest BCUT2D eigenvalue weighted by atomic mass is 9.84. The molecule has 1 aliphatic carbocycles. The summed E-state index contributed by atoms with van der Waals surface area (Å²) in [7, 11) is 2.18. The van der Waals surface area contributed by atoms with Gasteiger partial charge in [0.15, 0.2) is 5.78 Å². The van der Waals surface area contributed by atoms with Gasteiger partial charge in [-0.1, -0.05) is 57.0 Å². The van der Waals surface area contributed by atoms with Crippen molar-refractivity contribution in [1.29, 1.82) is 0 Å².